The van der Waals surface area contributed by atoms with E-state index in [1.54, 1.807) is 53.7 Å². The number of pyridine rings is 1. The molecule has 0 saturated carbocycles. The van der Waals surface area contributed by atoms with Crippen LogP contribution in [0.3, 0.4) is 0 Å². The third kappa shape index (κ3) is 14.7. The third-order valence-corrected chi connectivity index (χ3v) is 14.3. The highest BCUT2D eigenvalue weighted by Gasteiger charge is 2.35. The van der Waals surface area contributed by atoms with Gasteiger partial charge in [0.2, 0.25) is 0 Å². The zero-order chi connectivity index (χ0) is 52.9. The summed E-state index contributed by atoms with van der Waals surface area (Å²) in [6, 6.07) is 18.9. The summed E-state index contributed by atoms with van der Waals surface area (Å²) in [5.41, 5.74) is 2.27. The maximum absolute atomic E-state index is 14.2. The Balaban J connectivity index is 1.17. The lowest BCUT2D eigenvalue weighted by atomic mass is 9.72. The third-order valence-electron chi connectivity index (χ3n) is 12.7. The van der Waals surface area contributed by atoms with E-state index in [1.807, 2.05) is 12.1 Å². The van der Waals surface area contributed by atoms with Crippen LogP contribution in [-0.4, -0.2) is 105 Å². The van der Waals surface area contributed by atoms with Gasteiger partial charge in [0.15, 0.2) is 5.82 Å². The van der Waals surface area contributed by atoms with Crippen molar-refractivity contribution in [3.63, 3.8) is 0 Å². The van der Waals surface area contributed by atoms with Crippen molar-refractivity contribution in [2.24, 2.45) is 11.3 Å². The van der Waals surface area contributed by atoms with Crippen molar-refractivity contribution in [3.05, 3.63) is 111 Å². The van der Waals surface area contributed by atoms with E-state index in [2.05, 4.69) is 50.8 Å². The first-order valence-corrected chi connectivity index (χ1v) is 26.3. The van der Waals surface area contributed by atoms with Gasteiger partial charge in [-0.25, -0.2) is 27.7 Å². The summed E-state index contributed by atoms with van der Waals surface area (Å²) >= 11 is 6.26. The van der Waals surface area contributed by atoms with Gasteiger partial charge in [0.05, 0.1) is 15.4 Å². The van der Waals surface area contributed by atoms with Crippen molar-refractivity contribution in [2.45, 2.75) is 104 Å². The number of sulfonamides is 1. The number of allylic oxidation sites excluding steroid dienone is 1. The van der Waals surface area contributed by atoms with Gasteiger partial charge in [0, 0.05) is 87.6 Å². The molecule has 0 radical (unpaired) electrons. The minimum atomic E-state index is -4.70. The molecule has 18 nitrogen and oxygen atoms in total. The Hall–Kier alpha value is -6.28. The molecular weight excluding hydrogens is 978 g/mol. The topological polar surface area (TPSA) is 212 Å². The zero-order valence-corrected chi connectivity index (χ0v) is 44.4. The molecule has 0 atom stereocenters. The predicted octanol–water partition coefficient (Wildman–Crippen LogP) is 10.9. The number of halogens is 1. The minimum Gasteiger partial charge on any atom is -0.456 e. The van der Waals surface area contributed by atoms with Crippen LogP contribution < -0.4 is 24.6 Å². The van der Waals surface area contributed by atoms with Crippen molar-refractivity contribution >= 4 is 68.2 Å². The van der Waals surface area contributed by atoms with E-state index in [0.717, 1.165) is 57.8 Å². The van der Waals surface area contributed by atoms with Gasteiger partial charge in [-0.2, -0.15) is 4.90 Å². The van der Waals surface area contributed by atoms with Crippen molar-refractivity contribution < 1.29 is 46.7 Å². The van der Waals surface area contributed by atoms with Crippen molar-refractivity contribution in [1.29, 1.82) is 0 Å². The average Bonchev–Trinajstić information content (AvgIpc) is 3.31. The van der Waals surface area contributed by atoms with Gasteiger partial charge in [0.25, 0.3) is 21.6 Å². The number of ether oxygens (including phenoxy) is 4. The molecule has 3 amide bonds. The summed E-state index contributed by atoms with van der Waals surface area (Å²) in [6.07, 6.45) is 3.77. The molecular formula is C53H66ClN7O11S. The number of benzene rings is 3. The molecule has 20 heteroatoms. The number of carbonyl (C=O) groups is 3. The number of anilines is 3. The first-order chi connectivity index (χ1) is 34.3. The molecule has 3 aromatic carbocycles. The Bertz CT molecular complexity index is 2800. The molecule has 1 aromatic heterocycles. The Labute approximate surface area is 432 Å². The number of hydrogen-bond acceptors (Lipinski definition) is 15. The van der Waals surface area contributed by atoms with Crippen LogP contribution >= 0.6 is 11.6 Å². The zero-order valence-electron chi connectivity index (χ0n) is 42.8. The fraction of sp³-hybridized carbons (Fsp3) is 0.472. The number of nitro groups is 1. The number of imide groups is 1. The fourth-order valence-corrected chi connectivity index (χ4v) is 10.00. The molecule has 4 aromatic rings. The van der Waals surface area contributed by atoms with Crippen LogP contribution in [0.2, 0.25) is 5.02 Å². The summed E-state index contributed by atoms with van der Waals surface area (Å²) in [6.45, 7) is 19.6. The lowest BCUT2D eigenvalue weighted by Crippen LogP contribution is -2.47. The molecule has 3 aliphatic rings. The molecule has 7 rings (SSSR count). The molecule has 73 heavy (non-hydrogen) atoms. The number of hydrogen-bond donors (Lipinski definition) is 2. The molecule has 0 bridgehead atoms. The summed E-state index contributed by atoms with van der Waals surface area (Å²) in [5.74, 6) is -1.14. The van der Waals surface area contributed by atoms with Crippen LogP contribution in [0.4, 0.5) is 32.5 Å². The highest BCUT2D eigenvalue weighted by atomic mass is 35.5. The first-order valence-electron chi connectivity index (χ1n) is 24.5. The van der Waals surface area contributed by atoms with Crippen LogP contribution in [0.5, 0.6) is 11.5 Å². The Morgan fingerprint density at radius 2 is 1.56 bits per heavy atom. The molecule has 0 spiro atoms. The molecule has 1 aliphatic carbocycles. The van der Waals surface area contributed by atoms with Crippen LogP contribution in [-0.2, 0) is 24.2 Å². The predicted molar refractivity (Wildman–Crippen MR) is 280 cm³/mol. The molecule has 2 aliphatic heterocycles. The lowest BCUT2D eigenvalue weighted by Gasteiger charge is -2.39. The van der Waals surface area contributed by atoms with Crippen LogP contribution in [0.15, 0.2) is 89.5 Å². The van der Waals surface area contributed by atoms with Gasteiger partial charge in [-0.05, 0) is 139 Å². The number of amides is 3. The Morgan fingerprint density at radius 3 is 2.19 bits per heavy atom. The first kappa shape index (κ1) is 54.5. The van der Waals surface area contributed by atoms with E-state index >= 15 is 0 Å². The molecule has 3 heterocycles. The largest absolute Gasteiger partial charge is 0.456 e. The number of nitrogens with zero attached hydrogens (tertiary/aromatic N) is 5. The molecule has 392 valence electrons. The monoisotopic (exact) mass is 1040 g/mol. The van der Waals surface area contributed by atoms with Crippen molar-refractivity contribution in [1.82, 2.24) is 14.6 Å². The Kier molecular flexibility index (Phi) is 16.8. The summed E-state index contributed by atoms with van der Waals surface area (Å²) in [4.78, 5) is 61.8. The van der Waals surface area contributed by atoms with E-state index in [-0.39, 0.29) is 39.9 Å². The Morgan fingerprint density at radius 1 is 0.904 bits per heavy atom. The number of carbonyl (C=O) groups excluding carboxylic acids is 3. The number of nitrogens with one attached hydrogen (secondary N) is 2. The maximum atomic E-state index is 14.2. The van der Waals surface area contributed by atoms with Gasteiger partial charge in [-0.1, -0.05) is 43.2 Å². The van der Waals surface area contributed by atoms with Gasteiger partial charge in [-0.15, -0.1) is 0 Å². The van der Waals surface area contributed by atoms with Crippen molar-refractivity contribution in [2.75, 3.05) is 67.6 Å². The average molecular weight is 1040 g/mol. The molecule has 2 saturated heterocycles. The smallest absolute Gasteiger partial charge is 0.425 e. The van der Waals surface area contributed by atoms with Crippen molar-refractivity contribution in [3.8, 4) is 11.5 Å². The molecule has 2 fully saturated rings. The fourth-order valence-electron chi connectivity index (χ4n) is 8.89. The summed E-state index contributed by atoms with van der Waals surface area (Å²) in [7, 11) is -4.70. The SMILES string of the molecule is CC1(C)CCC(CN2CCN(c3ccc(C(=O)NS(=O)(=O)c4ccc(NCC5CCOCC5)c([N+](=O)[O-])c4)c(Oc4ccnc(N(C(=O)OC(C)(C)C)C(=O)OC(C)(C)C)c4)c3)CC2)=C(c2ccc(Cl)cc2)C1. The van der Waals surface area contributed by atoms with Crippen LogP contribution in [0.1, 0.15) is 103 Å². The number of nitro benzene ring substituents is 1. The second-order valence-electron chi connectivity index (χ2n) is 21.4. The quantitative estimate of drug-likeness (QED) is 0.0888. The second kappa shape index (κ2) is 22.5. The summed E-state index contributed by atoms with van der Waals surface area (Å²) in [5, 5.41) is 16.0. The van der Waals surface area contributed by atoms with E-state index in [4.69, 9.17) is 30.5 Å². The van der Waals surface area contributed by atoms with Gasteiger partial charge >= 0.3 is 12.2 Å². The van der Waals surface area contributed by atoms with Gasteiger partial charge in [-0.3, -0.25) is 19.8 Å². The van der Waals surface area contributed by atoms with Crippen LogP contribution in [0, 0.1) is 21.4 Å². The maximum Gasteiger partial charge on any atom is 0.425 e. The van der Waals surface area contributed by atoms with Crippen LogP contribution in [0.25, 0.3) is 5.57 Å². The van der Waals surface area contributed by atoms with Gasteiger partial charge in [0.1, 0.15) is 28.4 Å². The van der Waals surface area contributed by atoms with E-state index in [1.165, 1.54) is 53.2 Å². The highest BCUT2D eigenvalue weighted by molar-refractivity contribution is 7.90. The number of piperazine rings is 1. The van der Waals surface area contributed by atoms with E-state index in [0.29, 0.717) is 48.5 Å². The number of rotatable bonds is 14. The number of aromatic nitrogens is 1. The van der Waals surface area contributed by atoms with E-state index in [9.17, 15) is 32.9 Å². The summed E-state index contributed by atoms with van der Waals surface area (Å²) < 4.78 is 52.8. The molecule has 2 N–H and O–H groups in total. The minimum absolute atomic E-state index is 0.0147. The standard InChI is InChI=1S/C53H66ClN7O11S/c1-51(2,3)71-49(63)60(50(64)72-52(4,5)6)47-30-40(18-22-55-47)70-46-29-39(59-25-23-58(24-26-59)34-37-17-21-53(7,8)32-43(37)36-9-11-38(54)12-10-36)13-15-42(46)48(62)57-73(67,68)41-14-16-44(45(31-41)61(65)66)56-33-35-19-27-69-28-20-35/h9-16,18,22,29-31,35,56H,17,19-21,23-28,32-34H2,1-8H3,(H,57,62). The lowest BCUT2D eigenvalue weighted by molar-refractivity contribution is -0.384. The molecule has 0 unspecified atom stereocenters. The normalized spacial score (nSPS) is 16.9. The second-order valence-corrected chi connectivity index (χ2v) is 23.5. The highest BCUT2D eigenvalue weighted by Crippen LogP contribution is 2.44. The van der Waals surface area contributed by atoms with Gasteiger partial charge < -0.3 is 29.2 Å². The van der Waals surface area contributed by atoms with E-state index < -0.39 is 54.8 Å².